The third kappa shape index (κ3) is 4.42. The topological polar surface area (TPSA) is 137 Å². The van der Waals surface area contributed by atoms with Crippen LogP contribution in [0, 0.1) is 11.3 Å². The summed E-state index contributed by atoms with van der Waals surface area (Å²) in [5.74, 6) is -0.391. The molecule has 1 heterocycles. The molecule has 5 N–H and O–H groups in total. The van der Waals surface area contributed by atoms with Gasteiger partial charge < -0.3 is 35.0 Å². The normalized spacial score (nSPS) is 45.1. The number of ether oxygens (including phenoxy) is 2. The number of aliphatic hydroxyl groups excluding tert-OH is 4. The van der Waals surface area contributed by atoms with Crippen LogP contribution in [0.4, 0.5) is 0 Å². The molecule has 0 bridgehead atoms. The number of carbonyl (C=O) groups excluding carboxylic acids is 1. The molecule has 2 fully saturated rings. The van der Waals surface area contributed by atoms with Gasteiger partial charge in [-0.15, -0.1) is 0 Å². The molecule has 8 atom stereocenters. The molecule has 0 aromatic carbocycles. The summed E-state index contributed by atoms with van der Waals surface area (Å²) in [6.07, 6.45) is -3.23. The number of carbonyl (C=O) groups is 1. The lowest BCUT2D eigenvalue weighted by Gasteiger charge is -2.52. The summed E-state index contributed by atoms with van der Waals surface area (Å²) in [4.78, 5) is 11.3. The van der Waals surface area contributed by atoms with Gasteiger partial charge in [0.25, 0.3) is 0 Å². The minimum absolute atomic E-state index is 0.147. The fraction of sp³-hybridized carbons (Fsp3) is 0.842. The van der Waals surface area contributed by atoms with Crippen molar-refractivity contribution in [3.63, 3.8) is 0 Å². The molecular weight excluding hydrogens is 356 g/mol. The van der Waals surface area contributed by atoms with E-state index in [9.17, 15) is 30.3 Å². The van der Waals surface area contributed by atoms with E-state index in [4.69, 9.17) is 9.47 Å². The van der Waals surface area contributed by atoms with Crippen LogP contribution in [-0.2, 0) is 14.3 Å². The van der Waals surface area contributed by atoms with Crippen molar-refractivity contribution in [1.82, 2.24) is 0 Å². The quantitative estimate of drug-likeness (QED) is 0.398. The largest absolute Gasteiger partial charge is 0.394 e. The van der Waals surface area contributed by atoms with Gasteiger partial charge >= 0.3 is 0 Å². The van der Waals surface area contributed by atoms with Crippen LogP contribution in [0.1, 0.15) is 40.5 Å². The van der Waals surface area contributed by atoms with E-state index in [1.165, 1.54) is 13.0 Å². The van der Waals surface area contributed by atoms with Crippen molar-refractivity contribution >= 4 is 5.78 Å². The van der Waals surface area contributed by atoms with Crippen LogP contribution in [0.5, 0.6) is 0 Å². The molecule has 0 unspecified atom stereocenters. The van der Waals surface area contributed by atoms with Crippen molar-refractivity contribution in [3.8, 4) is 0 Å². The highest BCUT2D eigenvalue weighted by molar-refractivity contribution is 5.87. The Morgan fingerprint density at radius 1 is 1.22 bits per heavy atom. The van der Waals surface area contributed by atoms with Crippen LogP contribution in [0.15, 0.2) is 12.2 Å². The van der Waals surface area contributed by atoms with E-state index in [1.54, 1.807) is 6.08 Å². The summed E-state index contributed by atoms with van der Waals surface area (Å²) in [7, 11) is 0. The number of aliphatic hydroxyl groups is 5. The van der Waals surface area contributed by atoms with Crippen LogP contribution < -0.4 is 0 Å². The van der Waals surface area contributed by atoms with Crippen LogP contribution in [0.2, 0.25) is 0 Å². The zero-order valence-electron chi connectivity index (χ0n) is 16.3. The second-order valence-electron chi connectivity index (χ2n) is 8.45. The molecule has 2 rings (SSSR count). The summed E-state index contributed by atoms with van der Waals surface area (Å²) in [5.41, 5.74) is -1.83. The number of allylic oxidation sites excluding steroid dienone is 1. The molecular formula is C19H32O8. The Balaban J connectivity index is 2.13. The molecule has 156 valence electrons. The van der Waals surface area contributed by atoms with Gasteiger partial charge in [-0.05, 0) is 43.3 Å². The highest BCUT2D eigenvalue weighted by Gasteiger charge is 2.52. The van der Waals surface area contributed by atoms with Gasteiger partial charge in [-0.3, -0.25) is 4.79 Å². The van der Waals surface area contributed by atoms with Crippen molar-refractivity contribution in [2.45, 2.75) is 82.9 Å². The van der Waals surface area contributed by atoms with E-state index in [1.807, 2.05) is 20.8 Å². The molecule has 1 aliphatic heterocycles. The van der Waals surface area contributed by atoms with Crippen molar-refractivity contribution in [3.05, 3.63) is 12.2 Å². The van der Waals surface area contributed by atoms with E-state index in [0.29, 0.717) is 12.8 Å². The lowest BCUT2D eigenvalue weighted by molar-refractivity contribution is -0.319. The maximum atomic E-state index is 11.3. The Morgan fingerprint density at radius 2 is 1.85 bits per heavy atom. The number of rotatable bonds is 5. The smallest absolute Gasteiger partial charge is 0.186 e. The Kier molecular flexibility index (Phi) is 6.85. The fourth-order valence-electron chi connectivity index (χ4n) is 4.16. The van der Waals surface area contributed by atoms with E-state index in [2.05, 4.69) is 0 Å². The summed E-state index contributed by atoms with van der Waals surface area (Å²) in [5, 5.41) is 50.4. The molecule has 1 saturated carbocycles. The van der Waals surface area contributed by atoms with Gasteiger partial charge in [0.1, 0.15) is 24.4 Å². The molecule has 27 heavy (non-hydrogen) atoms. The Hall–Kier alpha value is -0.870. The third-order valence-electron chi connectivity index (χ3n) is 5.94. The van der Waals surface area contributed by atoms with Gasteiger partial charge in [-0.25, -0.2) is 0 Å². The van der Waals surface area contributed by atoms with Crippen LogP contribution in [0.3, 0.4) is 0 Å². The Labute approximate surface area is 159 Å². The molecule has 1 aliphatic carbocycles. The lowest BCUT2D eigenvalue weighted by Crippen LogP contribution is -2.61. The van der Waals surface area contributed by atoms with E-state index >= 15 is 0 Å². The number of ketones is 1. The van der Waals surface area contributed by atoms with Crippen molar-refractivity contribution in [1.29, 1.82) is 0 Å². The van der Waals surface area contributed by atoms with Crippen molar-refractivity contribution < 1.29 is 39.8 Å². The highest BCUT2D eigenvalue weighted by Crippen LogP contribution is 2.49. The average Bonchev–Trinajstić information content (AvgIpc) is 2.58. The van der Waals surface area contributed by atoms with Crippen molar-refractivity contribution in [2.75, 3.05) is 6.61 Å². The zero-order valence-corrected chi connectivity index (χ0v) is 16.3. The Bertz CT molecular complexity index is 560. The summed E-state index contributed by atoms with van der Waals surface area (Å²) < 4.78 is 11.3. The molecule has 0 radical (unpaired) electrons. The van der Waals surface area contributed by atoms with Gasteiger partial charge in [-0.1, -0.05) is 20.8 Å². The van der Waals surface area contributed by atoms with Gasteiger partial charge in [-0.2, -0.15) is 0 Å². The van der Waals surface area contributed by atoms with Gasteiger partial charge in [0.05, 0.1) is 18.3 Å². The third-order valence-corrected chi connectivity index (χ3v) is 5.94. The SMILES string of the molecule is CC(=O)/C=C/[C@]1(O)[C@H](C)C[C@@H](O[C@@H]2O[C@H](CO)[C@@H](O)[C@H](O)[C@H]2O)CC1(C)C. The molecule has 8 heteroatoms. The Morgan fingerprint density at radius 3 is 2.37 bits per heavy atom. The first-order chi connectivity index (χ1) is 12.4. The second kappa shape index (κ2) is 8.24. The van der Waals surface area contributed by atoms with E-state index < -0.39 is 48.3 Å². The first-order valence-corrected chi connectivity index (χ1v) is 9.31. The molecule has 2 aliphatic rings. The minimum atomic E-state index is -1.50. The van der Waals surface area contributed by atoms with Crippen LogP contribution in [0.25, 0.3) is 0 Å². The van der Waals surface area contributed by atoms with Gasteiger partial charge in [0.15, 0.2) is 12.1 Å². The number of hydrogen-bond acceptors (Lipinski definition) is 8. The standard InChI is InChI=1S/C19H32O8/c1-10-7-12(8-18(3,4)19(10,25)6-5-11(2)21)26-17-16(24)15(23)14(22)13(9-20)27-17/h5-6,10,12-17,20,22-25H,7-9H2,1-4H3/b6-5+/t10-,12-,13-,14-,15+,16-,17-,19+/m1/s1. The van der Waals surface area contributed by atoms with Crippen LogP contribution in [-0.4, -0.2) is 80.3 Å². The molecule has 8 nitrogen and oxygen atoms in total. The summed E-state index contributed by atoms with van der Waals surface area (Å²) in [6, 6.07) is 0. The van der Waals surface area contributed by atoms with E-state index in [-0.39, 0.29) is 17.8 Å². The maximum Gasteiger partial charge on any atom is 0.186 e. The average molecular weight is 388 g/mol. The molecule has 0 amide bonds. The summed E-state index contributed by atoms with van der Waals surface area (Å²) >= 11 is 0. The second-order valence-corrected chi connectivity index (χ2v) is 8.45. The van der Waals surface area contributed by atoms with Gasteiger partial charge in [0.2, 0.25) is 0 Å². The van der Waals surface area contributed by atoms with E-state index in [0.717, 1.165) is 0 Å². The maximum absolute atomic E-state index is 11.3. The molecule has 0 spiro atoms. The zero-order chi connectivity index (χ0) is 20.6. The van der Waals surface area contributed by atoms with Crippen LogP contribution >= 0.6 is 0 Å². The number of hydrogen-bond donors (Lipinski definition) is 5. The minimum Gasteiger partial charge on any atom is -0.394 e. The molecule has 1 saturated heterocycles. The van der Waals surface area contributed by atoms with Gasteiger partial charge in [0, 0.05) is 0 Å². The first kappa shape index (κ1) is 22.4. The predicted octanol–water partition coefficient (Wildman–Crippen LogP) is -0.496. The predicted molar refractivity (Wildman–Crippen MR) is 95.6 cm³/mol. The summed E-state index contributed by atoms with van der Waals surface area (Å²) in [6.45, 7) is 6.50. The fourth-order valence-corrected chi connectivity index (χ4v) is 4.16. The lowest BCUT2D eigenvalue weighted by atomic mass is 9.59. The monoisotopic (exact) mass is 388 g/mol. The van der Waals surface area contributed by atoms with Crippen molar-refractivity contribution in [2.24, 2.45) is 11.3 Å². The highest BCUT2D eigenvalue weighted by atomic mass is 16.7. The molecule has 0 aromatic heterocycles. The molecule has 0 aromatic rings. The first-order valence-electron chi connectivity index (χ1n) is 9.31.